The average Bonchev–Trinajstić information content (AvgIpc) is 3.28. The van der Waals surface area contributed by atoms with Crippen molar-refractivity contribution < 1.29 is 19.1 Å². The van der Waals surface area contributed by atoms with Gasteiger partial charge in [-0.1, -0.05) is 0 Å². The largest absolute Gasteiger partial charge is 0.460 e. The summed E-state index contributed by atoms with van der Waals surface area (Å²) in [6, 6.07) is 0. The van der Waals surface area contributed by atoms with E-state index >= 15 is 0 Å². The van der Waals surface area contributed by atoms with Crippen LogP contribution in [-0.4, -0.2) is 45.1 Å². The number of fused-ring (bicyclic) bond motifs is 2. The van der Waals surface area contributed by atoms with Crippen LogP contribution in [0, 0.1) is 13.8 Å². The molecule has 0 saturated carbocycles. The van der Waals surface area contributed by atoms with Crippen molar-refractivity contribution in [1.29, 1.82) is 0 Å². The zero-order chi connectivity index (χ0) is 24.3. The number of H-pyrrole nitrogens is 2. The minimum absolute atomic E-state index is 0.0406. The number of nitrogens with zero attached hydrogens (tertiary/aromatic N) is 2. The molecule has 2 N–H and O–H groups in total. The van der Waals surface area contributed by atoms with E-state index in [-0.39, 0.29) is 36.0 Å². The molecule has 0 aliphatic rings. The SMILES string of the molecule is CCOC(=O)c1nc2sc(Br)c(C)c2c(=O)[nH]1.CCOC(=O)c1nc2scc(C)c2c(=O)[nH]1. The maximum atomic E-state index is 11.8. The number of aromatic nitrogens is 4. The smallest absolute Gasteiger partial charge is 0.374 e. The quantitative estimate of drug-likeness (QED) is 0.363. The van der Waals surface area contributed by atoms with E-state index in [1.165, 1.54) is 22.7 Å². The Labute approximate surface area is 203 Å². The summed E-state index contributed by atoms with van der Waals surface area (Å²) < 4.78 is 10.4. The summed E-state index contributed by atoms with van der Waals surface area (Å²) in [4.78, 5) is 60.5. The first-order valence-electron chi connectivity index (χ1n) is 9.69. The normalized spacial score (nSPS) is 10.7. The van der Waals surface area contributed by atoms with Crippen molar-refractivity contribution in [2.45, 2.75) is 27.7 Å². The van der Waals surface area contributed by atoms with E-state index in [1.54, 1.807) is 13.8 Å². The van der Waals surface area contributed by atoms with E-state index in [0.29, 0.717) is 20.4 Å². The van der Waals surface area contributed by atoms with Gasteiger partial charge in [-0.3, -0.25) is 9.59 Å². The molecule has 0 spiro atoms. The molecule has 0 radical (unpaired) electrons. The van der Waals surface area contributed by atoms with Crippen LogP contribution in [-0.2, 0) is 9.47 Å². The van der Waals surface area contributed by atoms with Gasteiger partial charge in [-0.15, -0.1) is 22.7 Å². The van der Waals surface area contributed by atoms with Crippen LogP contribution in [0.15, 0.2) is 18.8 Å². The maximum Gasteiger partial charge on any atom is 0.374 e. The van der Waals surface area contributed by atoms with Crippen molar-refractivity contribution in [1.82, 2.24) is 19.9 Å². The number of hydrogen-bond donors (Lipinski definition) is 2. The molecule has 0 saturated heterocycles. The van der Waals surface area contributed by atoms with Crippen LogP contribution in [0.2, 0.25) is 0 Å². The monoisotopic (exact) mass is 554 g/mol. The van der Waals surface area contributed by atoms with Gasteiger partial charge in [-0.25, -0.2) is 19.6 Å². The Balaban J connectivity index is 0.000000186. The third-order valence-corrected chi connectivity index (χ3v) is 7.35. The fourth-order valence-corrected chi connectivity index (χ4v) is 5.29. The Kier molecular flexibility index (Phi) is 7.76. The number of rotatable bonds is 4. The number of aromatic amines is 2. The Morgan fingerprint density at radius 3 is 2.00 bits per heavy atom. The molecular formula is C20H19BrN4O6S2. The second kappa shape index (κ2) is 10.4. The van der Waals surface area contributed by atoms with Gasteiger partial charge in [0.2, 0.25) is 11.6 Å². The Bertz CT molecular complexity index is 1470. The van der Waals surface area contributed by atoms with Crippen LogP contribution in [0.3, 0.4) is 0 Å². The van der Waals surface area contributed by atoms with E-state index in [2.05, 4.69) is 35.9 Å². The van der Waals surface area contributed by atoms with Crippen LogP contribution < -0.4 is 11.1 Å². The van der Waals surface area contributed by atoms with Gasteiger partial charge >= 0.3 is 11.9 Å². The van der Waals surface area contributed by atoms with Crippen LogP contribution in [0.25, 0.3) is 20.4 Å². The number of carbonyl (C=O) groups excluding carboxylic acids is 2. The molecule has 4 aromatic rings. The Morgan fingerprint density at radius 1 is 0.939 bits per heavy atom. The molecule has 0 amide bonds. The number of ether oxygens (including phenoxy) is 2. The molecule has 33 heavy (non-hydrogen) atoms. The molecule has 0 fully saturated rings. The third-order valence-electron chi connectivity index (χ3n) is 4.31. The molecule has 0 aromatic carbocycles. The molecule has 0 bridgehead atoms. The second-order valence-electron chi connectivity index (χ2n) is 6.55. The van der Waals surface area contributed by atoms with Crippen LogP contribution >= 0.6 is 38.6 Å². The third kappa shape index (κ3) is 5.20. The molecule has 4 heterocycles. The molecule has 0 aliphatic carbocycles. The lowest BCUT2D eigenvalue weighted by molar-refractivity contribution is 0.0503. The van der Waals surface area contributed by atoms with Crippen molar-refractivity contribution in [3.8, 4) is 0 Å². The van der Waals surface area contributed by atoms with Crippen LogP contribution in [0.5, 0.6) is 0 Å². The van der Waals surface area contributed by atoms with Gasteiger partial charge in [0, 0.05) is 0 Å². The second-order valence-corrected chi connectivity index (χ2v) is 9.72. The van der Waals surface area contributed by atoms with Crippen molar-refractivity contribution >= 4 is 71.0 Å². The molecule has 13 heteroatoms. The Morgan fingerprint density at radius 2 is 1.45 bits per heavy atom. The molecule has 174 valence electrons. The van der Waals surface area contributed by atoms with Gasteiger partial charge < -0.3 is 19.4 Å². The number of halogens is 1. The van der Waals surface area contributed by atoms with Crippen LogP contribution in [0.4, 0.5) is 0 Å². The lowest BCUT2D eigenvalue weighted by atomic mass is 10.3. The number of nitrogens with one attached hydrogen (secondary N) is 2. The highest BCUT2D eigenvalue weighted by Gasteiger charge is 2.17. The number of aryl methyl sites for hydroxylation is 2. The van der Waals surface area contributed by atoms with Crippen LogP contribution in [0.1, 0.15) is 46.2 Å². The lowest BCUT2D eigenvalue weighted by Gasteiger charge is -2.00. The van der Waals surface area contributed by atoms with E-state index in [0.717, 1.165) is 14.9 Å². The summed E-state index contributed by atoms with van der Waals surface area (Å²) in [5.41, 5.74) is 1.07. The molecule has 10 nitrogen and oxygen atoms in total. The van der Waals surface area contributed by atoms with E-state index < -0.39 is 11.9 Å². The van der Waals surface area contributed by atoms with Gasteiger partial charge in [0.15, 0.2) is 0 Å². The van der Waals surface area contributed by atoms with E-state index in [9.17, 15) is 19.2 Å². The summed E-state index contributed by atoms with van der Waals surface area (Å²) in [7, 11) is 0. The van der Waals surface area contributed by atoms with Crippen molar-refractivity contribution in [3.63, 3.8) is 0 Å². The molecule has 4 rings (SSSR count). The summed E-state index contributed by atoms with van der Waals surface area (Å²) in [5, 5.41) is 2.88. The van der Waals surface area contributed by atoms with E-state index in [4.69, 9.17) is 9.47 Å². The van der Waals surface area contributed by atoms with Gasteiger partial charge in [-0.05, 0) is 60.1 Å². The van der Waals surface area contributed by atoms with Crippen molar-refractivity contribution in [3.05, 3.63) is 52.6 Å². The fourth-order valence-electron chi connectivity index (χ4n) is 2.80. The summed E-state index contributed by atoms with van der Waals surface area (Å²) >= 11 is 6.00. The number of esters is 2. The summed E-state index contributed by atoms with van der Waals surface area (Å²) in [6.45, 7) is 7.55. The van der Waals surface area contributed by atoms with Gasteiger partial charge in [0.1, 0.15) is 9.66 Å². The molecule has 4 aromatic heterocycles. The minimum Gasteiger partial charge on any atom is -0.460 e. The summed E-state index contributed by atoms with van der Waals surface area (Å²) in [5.74, 6) is -1.32. The molecule has 0 atom stereocenters. The topological polar surface area (TPSA) is 144 Å². The standard InChI is InChI=1S/C10H9BrN2O3S.C10H10N2O3S/c1-3-16-10(15)7-12-8(14)5-4(2)6(11)17-9(5)13-7;1-3-15-10(14)7-11-8(13)6-5(2)4-16-9(6)12-7/h3H2,1-2H3,(H,12,13,14);4H,3H2,1-2H3,(H,11,12,13). The predicted octanol–water partition coefficient (Wildman–Crippen LogP) is 3.70. The van der Waals surface area contributed by atoms with Crippen molar-refractivity contribution in [2.75, 3.05) is 13.2 Å². The van der Waals surface area contributed by atoms with Gasteiger partial charge in [0.25, 0.3) is 11.1 Å². The minimum atomic E-state index is -0.617. The highest BCUT2D eigenvalue weighted by Crippen LogP contribution is 2.31. The first-order chi connectivity index (χ1) is 15.7. The van der Waals surface area contributed by atoms with Gasteiger partial charge in [0.05, 0.1) is 27.8 Å². The zero-order valence-corrected chi connectivity index (χ0v) is 21.2. The zero-order valence-electron chi connectivity index (χ0n) is 18.0. The first-order valence-corrected chi connectivity index (χ1v) is 12.2. The predicted molar refractivity (Wildman–Crippen MR) is 130 cm³/mol. The maximum absolute atomic E-state index is 11.8. The number of hydrogen-bond acceptors (Lipinski definition) is 10. The lowest BCUT2D eigenvalue weighted by Crippen LogP contribution is -2.17. The fraction of sp³-hybridized carbons (Fsp3) is 0.300. The first kappa shape index (κ1) is 24.7. The summed E-state index contributed by atoms with van der Waals surface area (Å²) in [6.07, 6.45) is 0. The average molecular weight is 555 g/mol. The molecular weight excluding hydrogens is 536 g/mol. The van der Waals surface area contributed by atoms with Gasteiger partial charge in [-0.2, -0.15) is 0 Å². The van der Waals surface area contributed by atoms with Crippen molar-refractivity contribution in [2.24, 2.45) is 0 Å². The molecule has 0 aliphatic heterocycles. The highest BCUT2D eigenvalue weighted by molar-refractivity contribution is 9.11. The van der Waals surface area contributed by atoms with E-state index in [1.807, 2.05) is 19.2 Å². The number of thiophene rings is 2. The molecule has 0 unspecified atom stereocenters. The Hall–Kier alpha value is -2.90. The highest BCUT2D eigenvalue weighted by atomic mass is 79.9. The number of carbonyl (C=O) groups is 2.